The van der Waals surface area contributed by atoms with Crippen molar-refractivity contribution in [2.24, 2.45) is 0 Å². The maximum absolute atomic E-state index is 12.4. The van der Waals surface area contributed by atoms with Crippen LogP contribution in [0.3, 0.4) is 0 Å². The van der Waals surface area contributed by atoms with Crippen molar-refractivity contribution in [2.75, 3.05) is 36.4 Å². The highest BCUT2D eigenvalue weighted by atomic mass is 19.4. The lowest BCUT2D eigenvalue weighted by Gasteiger charge is -2.34. The van der Waals surface area contributed by atoms with Crippen molar-refractivity contribution in [1.29, 1.82) is 0 Å². The quantitative estimate of drug-likeness (QED) is 0.552. The van der Waals surface area contributed by atoms with E-state index in [-0.39, 0.29) is 19.0 Å². The molecule has 1 aliphatic heterocycles. The van der Waals surface area contributed by atoms with E-state index in [1.807, 2.05) is 4.90 Å². The van der Waals surface area contributed by atoms with Gasteiger partial charge < -0.3 is 19.8 Å². The fourth-order valence-corrected chi connectivity index (χ4v) is 3.01. The molecule has 1 N–H and O–H groups in total. The number of benzene rings is 2. The average Bonchev–Trinajstić information content (AvgIpc) is 2.75. The second kappa shape index (κ2) is 9.69. The summed E-state index contributed by atoms with van der Waals surface area (Å²) in [4.78, 5) is 40.5. The molecule has 8 nitrogen and oxygen atoms in total. The Hall–Kier alpha value is -3.60. The van der Waals surface area contributed by atoms with Gasteiger partial charge in [0.2, 0.25) is 0 Å². The normalized spacial score (nSPS) is 14.6. The third-order valence-electron chi connectivity index (χ3n) is 4.55. The zero-order valence-electron chi connectivity index (χ0n) is 17.0. The number of nitrogens with zero attached hydrogens (tertiary/aromatic N) is 2. The lowest BCUT2D eigenvalue weighted by molar-refractivity contribution is -0.239. The molecule has 1 fully saturated rings. The smallest absolute Gasteiger partial charge is 0.427 e. The van der Waals surface area contributed by atoms with Gasteiger partial charge in [-0.25, -0.2) is 4.79 Å². The lowest BCUT2D eigenvalue weighted by atomic mass is 10.1. The molecule has 0 spiro atoms. The van der Waals surface area contributed by atoms with Crippen LogP contribution in [-0.2, 0) is 14.4 Å². The number of piperazine rings is 1. The summed E-state index contributed by atoms with van der Waals surface area (Å²) in [5.74, 6) is -2.64. The van der Waals surface area contributed by atoms with Crippen LogP contribution in [0.25, 0.3) is 0 Å². The van der Waals surface area contributed by atoms with E-state index in [0.29, 0.717) is 30.1 Å². The van der Waals surface area contributed by atoms with E-state index in [2.05, 4.69) is 10.2 Å². The first-order chi connectivity index (χ1) is 15.1. The highest BCUT2D eigenvalue weighted by molar-refractivity contribution is 6.04. The molecule has 1 aliphatic rings. The van der Waals surface area contributed by atoms with Gasteiger partial charge in [-0.15, -0.1) is 5.06 Å². The molecule has 32 heavy (non-hydrogen) atoms. The minimum Gasteiger partial charge on any atom is -0.427 e. The van der Waals surface area contributed by atoms with Gasteiger partial charge in [0.25, 0.3) is 5.91 Å². The molecule has 2 aromatic carbocycles. The van der Waals surface area contributed by atoms with Crippen LogP contribution in [-0.4, -0.2) is 55.3 Å². The SMILES string of the molecule is CC(=O)Oc1ccc(NC(=O)c2ccc(N3CCN(OC(=O)C(F)(F)F)CC3)cc2)cc1. The van der Waals surface area contributed by atoms with E-state index in [0.717, 1.165) is 10.8 Å². The number of hydroxylamine groups is 2. The molecule has 2 aromatic rings. The zero-order valence-corrected chi connectivity index (χ0v) is 17.0. The number of carbonyl (C=O) groups excluding carboxylic acids is 3. The third kappa shape index (κ3) is 6.20. The number of esters is 1. The Labute approximate surface area is 181 Å². The minimum absolute atomic E-state index is 0.118. The van der Waals surface area contributed by atoms with Gasteiger partial charge in [-0.1, -0.05) is 0 Å². The number of ether oxygens (including phenoxy) is 1. The van der Waals surface area contributed by atoms with Crippen LogP contribution in [0.4, 0.5) is 24.5 Å². The Morgan fingerprint density at radius 3 is 2.03 bits per heavy atom. The summed E-state index contributed by atoms with van der Waals surface area (Å²) in [6.07, 6.45) is -5.03. The fraction of sp³-hybridized carbons (Fsp3) is 0.286. The molecule has 0 unspecified atom stereocenters. The third-order valence-corrected chi connectivity index (χ3v) is 4.55. The molecule has 11 heteroatoms. The maximum Gasteiger partial charge on any atom is 0.492 e. The molecular formula is C21H20F3N3O5. The van der Waals surface area contributed by atoms with E-state index in [9.17, 15) is 27.6 Å². The number of nitrogens with one attached hydrogen (secondary N) is 1. The van der Waals surface area contributed by atoms with E-state index >= 15 is 0 Å². The molecule has 0 radical (unpaired) electrons. The molecule has 1 amide bonds. The summed E-state index contributed by atoms with van der Waals surface area (Å²) in [6, 6.07) is 13.1. The number of hydrogen-bond acceptors (Lipinski definition) is 7. The van der Waals surface area contributed by atoms with Crippen molar-refractivity contribution in [3.05, 3.63) is 54.1 Å². The zero-order chi connectivity index (χ0) is 23.3. The summed E-state index contributed by atoms with van der Waals surface area (Å²) in [7, 11) is 0. The van der Waals surface area contributed by atoms with Crippen molar-refractivity contribution in [1.82, 2.24) is 5.06 Å². The van der Waals surface area contributed by atoms with Crippen LogP contribution in [0.5, 0.6) is 5.75 Å². The molecule has 0 saturated carbocycles. The number of alkyl halides is 3. The highest BCUT2D eigenvalue weighted by Crippen LogP contribution is 2.21. The molecule has 0 atom stereocenters. The van der Waals surface area contributed by atoms with E-state index in [1.54, 1.807) is 48.5 Å². The van der Waals surface area contributed by atoms with Crippen LogP contribution in [0.2, 0.25) is 0 Å². The Kier molecular flexibility index (Phi) is 6.98. The van der Waals surface area contributed by atoms with Gasteiger partial charge in [0.15, 0.2) is 0 Å². The van der Waals surface area contributed by atoms with E-state index in [4.69, 9.17) is 4.74 Å². The van der Waals surface area contributed by atoms with E-state index in [1.165, 1.54) is 6.92 Å². The lowest BCUT2D eigenvalue weighted by Crippen LogP contribution is -2.48. The molecular weight excluding hydrogens is 431 g/mol. The highest BCUT2D eigenvalue weighted by Gasteiger charge is 2.42. The summed E-state index contributed by atoms with van der Waals surface area (Å²) in [5, 5.41) is 3.72. The number of amides is 1. The Morgan fingerprint density at radius 1 is 0.906 bits per heavy atom. The van der Waals surface area contributed by atoms with Crippen LogP contribution < -0.4 is 15.0 Å². The molecule has 0 bridgehead atoms. The monoisotopic (exact) mass is 451 g/mol. The van der Waals surface area contributed by atoms with Crippen LogP contribution in [0, 0.1) is 0 Å². The summed E-state index contributed by atoms with van der Waals surface area (Å²) < 4.78 is 41.8. The molecule has 1 heterocycles. The summed E-state index contributed by atoms with van der Waals surface area (Å²) in [5.41, 5.74) is 1.73. The molecule has 0 aromatic heterocycles. The van der Waals surface area contributed by atoms with Gasteiger partial charge in [-0.2, -0.15) is 13.2 Å². The predicted octanol–water partition coefficient (Wildman–Crippen LogP) is 3.01. The maximum atomic E-state index is 12.4. The average molecular weight is 451 g/mol. The standard InChI is InChI=1S/C21H20F3N3O5/c1-14(28)31-18-8-4-16(5-9-18)25-19(29)15-2-6-17(7-3-15)26-10-12-27(13-11-26)32-20(30)21(22,23)24/h2-9H,10-13H2,1H3,(H,25,29). The largest absolute Gasteiger partial charge is 0.492 e. The first-order valence-electron chi connectivity index (χ1n) is 9.61. The van der Waals surface area contributed by atoms with Crippen molar-refractivity contribution >= 4 is 29.2 Å². The molecule has 170 valence electrons. The van der Waals surface area contributed by atoms with Crippen molar-refractivity contribution in [2.45, 2.75) is 13.1 Å². The molecule has 3 rings (SSSR count). The predicted molar refractivity (Wildman–Crippen MR) is 108 cm³/mol. The minimum atomic E-state index is -5.03. The van der Waals surface area contributed by atoms with Gasteiger partial charge in [-0.3, -0.25) is 9.59 Å². The van der Waals surface area contributed by atoms with Crippen LogP contribution in [0.15, 0.2) is 48.5 Å². The Bertz CT molecular complexity index is 970. The van der Waals surface area contributed by atoms with Gasteiger partial charge >= 0.3 is 18.1 Å². The van der Waals surface area contributed by atoms with Gasteiger partial charge in [-0.05, 0) is 48.5 Å². The summed E-state index contributed by atoms with van der Waals surface area (Å²) in [6.45, 7) is 2.24. The van der Waals surface area contributed by atoms with Crippen molar-refractivity contribution in [3.63, 3.8) is 0 Å². The number of halogens is 3. The van der Waals surface area contributed by atoms with Gasteiger partial charge in [0.1, 0.15) is 5.75 Å². The van der Waals surface area contributed by atoms with Gasteiger partial charge in [0, 0.05) is 37.0 Å². The van der Waals surface area contributed by atoms with Crippen LogP contribution >= 0.6 is 0 Å². The molecule has 0 aliphatic carbocycles. The second-order valence-corrected chi connectivity index (χ2v) is 6.91. The first kappa shape index (κ1) is 23.1. The molecule has 1 saturated heterocycles. The first-order valence-corrected chi connectivity index (χ1v) is 9.61. The second-order valence-electron chi connectivity index (χ2n) is 6.91. The Morgan fingerprint density at radius 2 is 1.50 bits per heavy atom. The Balaban J connectivity index is 1.52. The van der Waals surface area contributed by atoms with E-state index < -0.39 is 18.1 Å². The number of carbonyl (C=O) groups is 3. The van der Waals surface area contributed by atoms with Crippen LogP contribution in [0.1, 0.15) is 17.3 Å². The number of hydrogen-bond donors (Lipinski definition) is 1. The summed E-state index contributed by atoms with van der Waals surface area (Å²) >= 11 is 0. The number of anilines is 2. The topological polar surface area (TPSA) is 88.2 Å². The van der Waals surface area contributed by atoms with Crippen molar-refractivity contribution < 1.29 is 37.1 Å². The van der Waals surface area contributed by atoms with Crippen molar-refractivity contribution in [3.8, 4) is 5.75 Å². The number of rotatable bonds is 5. The van der Waals surface area contributed by atoms with Gasteiger partial charge in [0.05, 0.1) is 13.1 Å². The fourth-order valence-electron chi connectivity index (χ4n) is 3.01.